The number of halogens is 1. The summed E-state index contributed by atoms with van der Waals surface area (Å²) in [7, 11) is 0. The molecule has 1 aromatic carbocycles. The van der Waals surface area contributed by atoms with E-state index < -0.39 is 0 Å². The number of carbonyl (C=O) groups is 1. The average molecular weight is 329 g/mol. The van der Waals surface area contributed by atoms with Gasteiger partial charge in [0.05, 0.1) is 18.6 Å². The van der Waals surface area contributed by atoms with Crippen LogP contribution < -0.4 is 0 Å². The molecule has 84 valence electrons. The molecule has 0 radical (unpaired) electrons. The Morgan fingerprint density at radius 2 is 2.25 bits per heavy atom. The second kappa shape index (κ2) is 5.85. The van der Waals surface area contributed by atoms with Gasteiger partial charge in [0.1, 0.15) is 6.07 Å². The Labute approximate surface area is 109 Å². The molecule has 3 nitrogen and oxygen atoms in total. The number of aryl methyl sites for hydroxylation is 1. The van der Waals surface area contributed by atoms with Crippen LogP contribution in [0.3, 0.4) is 0 Å². The summed E-state index contributed by atoms with van der Waals surface area (Å²) in [6.07, 6.45) is 0.160. The quantitative estimate of drug-likeness (QED) is 0.633. The molecule has 0 heterocycles. The van der Waals surface area contributed by atoms with Crippen molar-refractivity contribution in [3.05, 3.63) is 32.4 Å². The lowest BCUT2D eigenvalue weighted by Gasteiger charge is -2.07. The van der Waals surface area contributed by atoms with Crippen molar-refractivity contribution in [2.24, 2.45) is 0 Å². The van der Waals surface area contributed by atoms with Crippen LogP contribution in [-0.4, -0.2) is 12.6 Å². The molecule has 1 rings (SSSR count). The third kappa shape index (κ3) is 2.95. The minimum atomic E-state index is -0.293. The molecular weight excluding hydrogens is 317 g/mol. The topological polar surface area (TPSA) is 50.1 Å². The van der Waals surface area contributed by atoms with Crippen molar-refractivity contribution in [3.63, 3.8) is 0 Å². The van der Waals surface area contributed by atoms with Crippen LogP contribution in [0, 0.1) is 21.8 Å². The van der Waals surface area contributed by atoms with Gasteiger partial charge in [0.15, 0.2) is 0 Å². The van der Waals surface area contributed by atoms with Crippen molar-refractivity contribution in [1.29, 1.82) is 5.26 Å². The number of nitriles is 1. The maximum atomic E-state index is 11.3. The third-order valence-corrected chi connectivity index (χ3v) is 3.56. The molecule has 16 heavy (non-hydrogen) atoms. The van der Waals surface area contributed by atoms with E-state index in [9.17, 15) is 4.79 Å². The Hall–Kier alpha value is -1.09. The van der Waals surface area contributed by atoms with Crippen molar-refractivity contribution in [1.82, 2.24) is 0 Å². The van der Waals surface area contributed by atoms with E-state index in [1.807, 2.05) is 19.1 Å². The molecule has 0 spiro atoms. The molecule has 0 unspecified atom stereocenters. The summed E-state index contributed by atoms with van der Waals surface area (Å²) in [5, 5.41) is 9.06. The number of nitrogens with zero attached hydrogens (tertiary/aromatic N) is 1. The Kier molecular flexibility index (Phi) is 4.74. The number of carbonyl (C=O) groups excluding carboxylic acids is 1. The van der Waals surface area contributed by atoms with E-state index >= 15 is 0 Å². The number of ether oxygens (including phenoxy) is 1. The van der Waals surface area contributed by atoms with E-state index in [4.69, 9.17) is 10.00 Å². The first kappa shape index (κ1) is 13.0. The van der Waals surface area contributed by atoms with Crippen LogP contribution in [0.5, 0.6) is 0 Å². The maximum Gasteiger partial charge on any atom is 0.310 e. The van der Waals surface area contributed by atoms with Gasteiger partial charge in [-0.2, -0.15) is 5.26 Å². The molecule has 0 aliphatic heterocycles. The molecule has 0 aliphatic carbocycles. The van der Waals surface area contributed by atoms with Gasteiger partial charge in [-0.1, -0.05) is 12.1 Å². The van der Waals surface area contributed by atoms with Crippen molar-refractivity contribution in [2.45, 2.75) is 20.3 Å². The summed E-state index contributed by atoms with van der Waals surface area (Å²) < 4.78 is 5.77. The summed E-state index contributed by atoms with van der Waals surface area (Å²) in [4.78, 5) is 11.3. The standard InChI is InChI=1S/C12H12INO2/c1-3-16-11(15)6-9-5-4-8(2)12(13)10(9)7-14/h4-5H,3,6H2,1-2H3. The first-order valence-corrected chi connectivity index (χ1v) is 6.01. The van der Waals surface area contributed by atoms with Gasteiger partial charge in [-0.3, -0.25) is 4.79 Å². The van der Waals surface area contributed by atoms with Crippen molar-refractivity contribution >= 4 is 28.6 Å². The number of esters is 1. The second-order valence-electron chi connectivity index (χ2n) is 3.32. The smallest absolute Gasteiger partial charge is 0.310 e. The van der Waals surface area contributed by atoms with Crippen LogP contribution in [-0.2, 0) is 16.0 Å². The highest BCUT2D eigenvalue weighted by Crippen LogP contribution is 2.20. The van der Waals surface area contributed by atoms with Gasteiger partial charge in [-0.05, 0) is 47.6 Å². The fourth-order valence-electron chi connectivity index (χ4n) is 1.36. The molecule has 0 aliphatic rings. The number of hydrogen-bond donors (Lipinski definition) is 0. The number of benzene rings is 1. The first-order chi connectivity index (χ1) is 7.60. The van der Waals surface area contributed by atoms with Crippen LogP contribution in [0.2, 0.25) is 0 Å². The van der Waals surface area contributed by atoms with Gasteiger partial charge in [0.25, 0.3) is 0 Å². The van der Waals surface area contributed by atoms with Crippen LogP contribution >= 0.6 is 22.6 Å². The highest BCUT2D eigenvalue weighted by molar-refractivity contribution is 14.1. The minimum Gasteiger partial charge on any atom is -0.466 e. The van der Waals surface area contributed by atoms with Crippen LogP contribution in [0.4, 0.5) is 0 Å². The molecule has 0 bridgehead atoms. The zero-order valence-corrected chi connectivity index (χ0v) is 11.4. The fourth-order valence-corrected chi connectivity index (χ4v) is 2.00. The summed E-state index contributed by atoms with van der Waals surface area (Å²) in [6.45, 7) is 4.07. The van der Waals surface area contributed by atoms with E-state index in [0.717, 1.165) is 14.7 Å². The van der Waals surface area contributed by atoms with Crippen molar-refractivity contribution in [2.75, 3.05) is 6.61 Å². The summed E-state index contributed by atoms with van der Waals surface area (Å²) in [6, 6.07) is 5.86. The molecule has 0 saturated carbocycles. The van der Waals surface area contributed by atoms with Crippen LogP contribution in [0.1, 0.15) is 23.6 Å². The maximum absolute atomic E-state index is 11.3. The average Bonchev–Trinajstić information content (AvgIpc) is 2.24. The summed E-state index contributed by atoms with van der Waals surface area (Å²) in [5.74, 6) is -0.293. The molecular formula is C12H12INO2. The lowest BCUT2D eigenvalue weighted by molar-refractivity contribution is -0.142. The van der Waals surface area contributed by atoms with Crippen molar-refractivity contribution < 1.29 is 9.53 Å². The highest BCUT2D eigenvalue weighted by Gasteiger charge is 2.12. The predicted molar refractivity (Wildman–Crippen MR) is 68.9 cm³/mol. The number of hydrogen-bond acceptors (Lipinski definition) is 3. The molecule has 0 N–H and O–H groups in total. The number of rotatable bonds is 3. The van der Waals surface area contributed by atoms with E-state index in [-0.39, 0.29) is 12.4 Å². The third-order valence-electron chi connectivity index (χ3n) is 2.17. The van der Waals surface area contributed by atoms with Gasteiger partial charge in [-0.15, -0.1) is 0 Å². The first-order valence-electron chi connectivity index (χ1n) is 4.93. The zero-order valence-electron chi connectivity index (χ0n) is 9.21. The van der Waals surface area contributed by atoms with Crippen LogP contribution in [0.25, 0.3) is 0 Å². The van der Waals surface area contributed by atoms with Crippen LogP contribution in [0.15, 0.2) is 12.1 Å². The second-order valence-corrected chi connectivity index (χ2v) is 4.40. The van der Waals surface area contributed by atoms with Gasteiger partial charge in [0, 0.05) is 3.57 Å². The fraction of sp³-hybridized carbons (Fsp3) is 0.333. The molecule has 0 saturated heterocycles. The predicted octanol–water partition coefficient (Wildman–Crippen LogP) is 2.58. The lowest BCUT2D eigenvalue weighted by atomic mass is 10.0. The Bertz CT molecular complexity index is 449. The van der Waals surface area contributed by atoms with E-state index in [0.29, 0.717) is 12.2 Å². The minimum absolute atomic E-state index is 0.160. The Balaban J connectivity index is 3.02. The molecule has 0 atom stereocenters. The van der Waals surface area contributed by atoms with E-state index in [1.54, 1.807) is 6.92 Å². The Morgan fingerprint density at radius 3 is 2.81 bits per heavy atom. The highest BCUT2D eigenvalue weighted by atomic mass is 127. The lowest BCUT2D eigenvalue weighted by Crippen LogP contribution is -2.09. The summed E-state index contributed by atoms with van der Waals surface area (Å²) >= 11 is 2.12. The largest absolute Gasteiger partial charge is 0.466 e. The van der Waals surface area contributed by atoms with Gasteiger partial charge < -0.3 is 4.74 Å². The molecule has 0 fully saturated rings. The molecule has 0 aromatic heterocycles. The molecule has 0 amide bonds. The van der Waals surface area contributed by atoms with E-state index in [2.05, 4.69) is 28.7 Å². The normalized spacial score (nSPS) is 9.62. The Morgan fingerprint density at radius 1 is 1.56 bits per heavy atom. The van der Waals surface area contributed by atoms with Crippen molar-refractivity contribution in [3.8, 4) is 6.07 Å². The molecule has 1 aromatic rings. The van der Waals surface area contributed by atoms with Gasteiger partial charge >= 0.3 is 5.97 Å². The monoisotopic (exact) mass is 329 g/mol. The zero-order chi connectivity index (χ0) is 12.1. The van der Waals surface area contributed by atoms with E-state index in [1.165, 1.54) is 0 Å². The van der Waals surface area contributed by atoms with Gasteiger partial charge in [0.2, 0.25) is 0 Å². The van der Waals surface area contributed by atoms with Gasteiger partial charge in [-0.25, -0.2) is 0 Å². The SMILES string of the molecule is CCOC(=O)Cc1ccc(C)c(I)c1C#N. The molecule has 4 heteroatoms. The summed E-state index contributed by atoms with van der Waals surface area (Å²) in [5.41, 5.74) is 2.36.